The third-order valence-corrected chi connectivity index (χ3v) is 7.04. The van der Waals surface area contributed by atoms with Crippen LogP contribution in [0.3, 0.4) is 0 Å². The average Bonchev–Trinajstić information content (AvgIpc) is 3.54. The molecule has 0 aliphatic rings. The summed E-state index contributed by atoms with van der Waals surface area (Å²) in [7, 11) is 0. The van der Waals surface area contributed by atoms with E-state index in [1.165, 1.54) is 24.3 Å². The van der Waals surface area contributed by atoms with Crippen molar-refractivity contribution in [3.8, 4) is 11.4 Å². The van der Waals surface area contributed by atoms with Crippen LogP contribution in [0.5, 0.6) is 0 Å². The molecule has 0 bridgehead atoms. The summed E-state index contributed by atoms with van der Waals surface area (Å²) in [6.45, 7) is 2.83. The Labute approximate surface area is 268 Å². The number of Topliss-reactive ketones (excluding diaryl/α,β-unsaturated/α-hetero) is 1. The molecule has 240 valence electrons. The molecule has 3 aromatic carbocycles. The van der Waals surface area contributed by atoms with Crippen LogP contribution < -0.4 is 16.2 Å². The lowest BCUT2D eigenvalue weighted by Gasteiger charge is -2.20. The highest BCUT2D eigenvalue weighted by Crippen LogP contribution is 2.18. The molecule has 12 nitrogen and oxygen atoms in total. The SMILES string of the molecule is CC(C)[C@H](NC(=O)Cn1c(-c2ccc(F)cc2)ncc(NC(=O)OCc2ccccc2)c1=O)C(=O)c1nnc(Cc2ccccc2)o1. The summed E-state index contributed by atoms with van der Waals surface area (Å²) in [6.07, 6.45) is 0.545. The van der Waals surface area contributed by atoms with Gasteiger partial charge in [-0.3, -0.25) is 24.3 Å². The van der Waals surface area contributed by atoms with E-state index in [-0.39, 0.29) is 29.9 Å². The summed E-state index contributed by atoms with van der Waals surface area (Å²) in [4.78, 5) is 57.2. The normalized spacial score (nSPS) is 11.6. The molecule has 0 saturated carbocycles. The topological polar surface area (TPSA) is 158 Å². The van der Waals surface area contributed by atoms with Gasteiger partial charge in [0.05, 0.1) is 18.7 Å². The van der Waals surface area contributed by atoms with Crippen LogP contribution in [-0.4, -0.2) is 43.6 Å². The maximum absolute atomic E-state index is 13.7. The number of nitrogens with zero attached hydrogens (tertiary/aromatic N) is 4. The molecule has 1 atom stereocenters. The number of halogens is 1. The monoisotopic (exact) mass is 638 g/mol. The molecule has 5 aromatic rings. The second-order valence-corrected chi connectivity index (χ2v) is 10.9. The van der Waals surface area contributed by atoms with E-state index in [1.54, 1.807) is 38.1 Å². The number of hydrogen-bond donors (Lipinski definition) is 2. The van der Waals surface area contributed by atoms with E-state index in [0.29, 0.717) is 12.0 Å². The van der Waals surface area contributed by atoms with Crippen molar-refractivity contribution >= 4 is 23.5 Å². The minimum atomic E-state index is -1.07. The first-order valence-electron chi connectivity index (χ1n) is 14.7. The van der Waals surface area contributed by atoms with Crippen LogP contribution in [0.4, 0.5) is 14.9 Å². The van der Waals surface area contributed by atoms with Gasteiger partial charge in [0.25, 0.3) is 11.4 Å². The third kappa shape index (κ3) is 8.39. The first-order chi connectivity index (χ1) is 22.7. The van der Waals surface area contributed by atoms with Crippen LogP contribution in [0.1, 0.15) is 41.6 Å². The molecule has 2 aromatic heterocycles. The van der Waals surface area contributed by atoms with Gasteiger partial charge in [-0.1, -0.05) is 74.5 Å². The minimum Gasteiger partial charge on any atom is -0.444 e. The van der Waals surface area contributed by atoms with Gasteiger partial charge in [-0.2, -0.15) is 0 Å². The van der Waals surface area contributed by atoms with E-state index in [4.69, 9.17) is 9.15 Å². The summed E-state index contributed by atoms with van der Waals surface area (Å²) < 4.78 is 25.5. The summed E-state index contributed by atoms with van der Waals surface area (Å²) in [5, 5.41) is 12.9. The molecule has 13 heteroatoms. The minimum absolute atomic E-state index is 0.0308. The van der Waals surface area contributed by atoms with Gasteiger partial charge in [-0.05, 0) is 41.3 Å². The van der Waals surface area contributed by atoms with Crippen molar-refractivity contribution < 1.29 is 27.9 Å². The van der Waals surface area contributed by atoms with Crippen molar-refractivity contribution in [3.05, 3.63) is 130 Å². The fraction of sp³-hybridized carbons (Fsp3) is 0.206. The lowest BCUT2D eigenvalue weighted by Crippen LogP contribution is -2.46. The van der Waals surface area contributed by atoms with Crippen LogP contribution in [0.25, 0.3) is 11.4 Å². The second-order valence-electron chi connectivity index (χ2n) is 10.9. The van der Waals surface area contributed by atoms with Crippen molar-refractivity contribution in [2.45, 2.75) is 39.5 Å². The van der Waals surface area contributed by atoms with Crippen molar-refractivity contribution in [1.82, 2.24) is 25.1 Å². The van der Waals surface area contributed by atoms with Crippen LogP contribution in [0.2, 0.25) is 0 Å². The highest BCUT2D eigenvalue weighted by Gasteiger charge is 2.30. The molecule has 0 radical (unpaired) electrons. The summed E-state index contributed by atoms with van der Waals surface area (Å²) in [6, 6.07) is 22.4. The van der Waals surface area contributed by atoms with E-state index in [1.807, 2.05) is 36.4 Å². The molecule has 0 saturated heterocycles. The Hall–Kier alpha value is -5.98. The van der Waals surface area contributed by atoms with Gasteiger partial charge < -0.3 is 14.5 Å². The Bertz CT molecular complexity index is 1910. The van der Waals surface area contributed by atoms with Gasteiger partial charge in [-0.15, -0.1) is 10.2 Å². The Morgan fingerprint density at radius 1 is 0.915 bits per heavy atom. The number of carbonyl (C=O) groups excluding carboxylic acids is 3. The number of anilines is 1. The quantitative estimate of drug-likeness (QED) is 0.183. The fourth-order valence-corrected chi connectivity index (χ4v) is 4.65. The Balaban J connectivity index is 1.35. The number of aromatic nitrogens is 4. The maximum Gasteiger partial charge on any atom is 0.412 e. The zero-order valence-electron chi connectivity index (χ0n) is 25.6. The number of ketones is 1. The van der Waals surface area contributed by atoms with Gasteiger partial charge in [-0.25, -0.2) is 14.2 Å². The van der Waals surface area contributed by atoms with Gasteiger partial charge in [0.1, 0.15) is 30.5 Å². The Morgan fingerprint density at radius 2 is 1.57 bits per heavy atom. The summed E-state index contributed by atoms with van der Waals surface area (Å²) in [5.41, 5.74) is 0.962. The number of amides is 2. The van der Waals surface area contributed by atoms with Crippen LogP contribution >= 0.6 is 0 Å². The molecule has 0 spiro atoms. The number of ether oxygens (including phenoxy) is 1. The third-order valence-electron chi connectivity index (χ3n) is 7.04. The van der Waals surface area contributed by atoms with Crippen molar-refractivity contribution in [3.63, 3.8) is 0 Å². The first-order valence-corrected chi connectivity index (χ1v) is 14.7. The van der Waals surface area contributed by atoms with Crippen LogP contribution in [-0.2, 0) is 29.1 Å². The molecule has 2 N–H and O–H groups in total. The molecule has 47 heavy (non-hydrogen) atoms. The van der Waals surface area contributed by atoms with Crippen LogP contribution in [0, 0.1) is 11.7 Å². The van der Waals surface area contributed by atoms with Gasteiger partial charge >= 0.3 is 6.09 Å². The first kappa shape index (κ1) is 32.4. The predicted molar refractivity (Wildman–Crippen MR) is 169 cm³/mol. The lowest BCUT2D eigenvalue weighted by atomic mass is 9.99. The smallest absolute Gasteiger partial charge is 0.412 e. The highest BCUT2D eigenvalue weighted by atomic mass is 19.1. The van der Waals surface area contributed by atoms with E-state index in [2.05, 4.69) is 25.8 Å². The van der Waals surface area contributed by atoms with E-state index in [0.717, 1.165) is 21.9 Å². The number of nitrogens with one attached hydrogen (secondary N) is 2. The van der Waals surface area contributed by atoms with E-state index >= 15 is 0 Å². The zero-order valence-corrected chi connectivity index (χ0v) is 25.6. The molecule has 0 fully saturated rings. The standard InChI is InChI=1S/C34H31FN6O6/c1-21(2)29(30(43)32-40-39-28(47-32)17-22-9-5-3-6-10-22)38-27(42)19-41-31(24-13-15-25(35)16-14-24)36-18-26(33(41)44)37-34(45)46-20-23-11-7-4-8-12-23/h3-16,18,21,29H,17,19-20H2,1-2H3,(H,37,45)(H,38,42)/t29-/m0/s1. The molecular weight excluding hydrogens is 607 g/mol. The van der Waals surface area contributed by atoms with Gasteiger partial charge in [0.15, 0.2) is 0 Å². The Kier molecular flexibility index (Phi) is 10.3. The largest absolute Gasteiger partial charge is 0.444 e. The second kappa shape index (κ2) is 14.9. The number of hydrogen-bond acceptors (Lipinski definition) is 9. The van der Waals surface area contributed by atoms with Gasteiger partial charge in [0, 0.05) is 5.56 Å². The number of carbonyl (C=O) groups is 3. The maximum atomic E-state index is 13.7. The molecule has 0 aliphatic heterocycles. The average molecular weight is 639 g/mol. The molecule has 2 heterocycles. The lowest BCUT2D eigenvalue weighted by molar-refractivity contribution is -0.122. The van der Waals surface area contributed by atoms with Crippen molar-refractivity contribution in [2.75, 3.05) is 5.32 Å². The predicted octanol–water partition coefficient (Wildman–Crippen LogP) is 4.80. The highest BCUT2D eigenvalue weighted by molar-refractivity contribution is 5.98. The molecular formula is C34H31FN6O6. The van der Waals surface area contributed by atoms with E-state index < -0.39 is 47.7 Å². The molecule has 5 rings (SSSR count). The number of rotatable bonds is 12. The fourth-order valence-electron chi connectivity index (χ4n) is 4.65. The molecule has 0 unspecified atom stereocenters. The summed E-state index contributed by atoms with van der Waals surface area (Å²) >= 11 is 0. The van der Waals surface area contributed by atoms with E-state index in [9.17, 15) is 23.6 Å². The number of benzene rings is 3. The van der Waals surface area contributed by atoms with Crippen LogP contribution in [0.15, 0.2) is 100 Å². The van der Waals surface area contributed by atoms with Crippen molar-refractivity contribution in [1.29, 1.82) is 0 Å². The molecule has 0 aliphatic carbocycles. The zero-order chi connectivity index (χ0) is 33.3. The van der Waals surface area contributed by atoms with Crippen molar-refractivity contribution in [2.24, 2.45) is 5.92 Å². The summed E-state index contributed by atoms with van der Waals surface area (Å²) in [5.74, 6) is -2.20. The Morgan fingerprint density at radius 3 is 2.23 bits per heavy atom. The molecule has 2 amide bonds. The van der Waals surface area contributed by atoms with Gasteiger partial charge in [0.2, 0.25) is 17.6 Å².